The second-order valence-corrected chi connectivity index (χ2v) is 5.83. The van der Waals surface area contributed by atoms with Gasteiger partial charge in [-0.3, -0.25) is 14.1 Å². The summed E-state index contributed by atoms with van der Waals surface area (Å²) in [5.74, 6) is -1.47. The van der Waals surface area contributed by atoms with Crippen molar-refractivity contribution in [3.8, 4) is 0 Å². The number of nitrogens with zero attached hydrogens (tertiary/aromatic N) is 2. The van der Waals surface area contributed by atoms with E-state index in [2.05, 4.69) is 4.99 Å². The van der Waals surface area contributed by atoms with E-state index in [-0.39, 0.29) is 13.1 Å². The standard InChI is InChI=1S/C10H16N2O6S/c1-10(2,3)18-9(15)12-5-4-11-6(8(13)14)7(12)19(16)17/h7H,4-5H2,1-3H3,(H,13,14)(H,16,17)/p-1. The number of hydrogen-bond acceptors (Lipinski definition) is 6. The van der Waals surface area contributed by atoms with Crippen LogP contribution < -0.4 is 0 Å². The van der Waals surface area contributed by atoms with Gasteiger partial charge in [-0.15, -0.1) is 0 Å². The molecular weight excluding hydrogens is 276 g/mol. The maximum absolute atomic E-state index is 11.9. The predicted molar refractivity (Wildman–Crippen MR) is 65.6 cm³/mol. The lowest BCUT2D eigenvalue weighted by Gasteiger charge is -2.36. The van der Waals surface area contributed by atoms with Gasteiger partial charge in [0.25, 0.3) is 0 Å². The Hall–Kier alpha value is -1.48. The van der Waals surface area contributed by atoms with E-state index in [0.717, 1.165) is 4.90 Å². The molecule has 0 radical (unpaired) electrons. The number of aliphatic carboxylic acids is 1. The van der Waals surface area contributed by atoms with Crippen LogP contribution in [0, 0.1) is 0 Å². The summed E-state index contributed by atoms with van der Waals surface area (Å²) in [4.78, 5) is 27.3. The average molecular weight is 291 g/mol. The largest absolute Gasteiger partial charge is 0.770 e. The number of aliphatic imine (C=N–C) groups is 1. The first-order chi connectivity index (χ1) is 8.63. The molecule has 2 unspecified atom stereocenters. The summed E-state index contributed by atoms with van der Waals surface area (Å²) in [6.07, 6.45) is -0.879. The Balaban J connectivity index is 3.01. The van der Waals surface area contributed by atoms with Crippen molar-refractivity contribution in [3.63, 3.8) is 0 Å². The Labute approximate surface area is 112 Å². The molecule has 0 saturated carbocycles. The third-order valence-corrected chi connectivity index (χ3v) is 3.01. The summed E-state index contributed by atoms with van der Waals surface area (Å²) in [6, 6.07) is 0. The summed E-state index contributed by atoms with van der Waals surface area (Å²) in [7, 11) is 0. The van der Waals surface area contributed by atoms with Crippen molar-refractivity contribution in [2.45, 2.75) is 31.7 Å². The lowest BCUT2D eigenvalue weighted by Crippen LogP contribution is -2.54. The molecule has 0 saturated heterocycles. The molecule has 1 aliphatic heterocycles. The monoisotopic (exact) mass is 291 g/mol. The van der Waals surface area contributed by atoms with Gasteiger partial charge in [-0.2, -0.15) is 0 Å². The molecule has 0 bridgehead atoms. The first kappa shape index (κ1) is 15.6. The fraction of sp³-hybridized carbons (Fsp3) is 0.700. The molecule has 0 aliphatic carbocycles. The number of amides is 1. The van der Waals surface area contributed by atoms with Crippen molar-refractivity contribution >= 4 is 28.9 Å². The first-order valence-corrected chi connectivity index (χ1v) is 6.62. The fourth-order valence-electron chi connectivity index (χ4n) is 1.50. The van der Waals surface area contributed by atoms with E-state index in [0.29, 0.717) is 0 Å². The summed E-state index contributed by atoms with van der Waals surface area (Å²) < 4.78 is 27.4. The number of hydrogen-bond donors (Lipinski definition) is 1. The van der Waals surface area contributed by atoms with E-state index in [1.54, 1.807) is 20.8 Å². The molecule has 19 heavy (non-hydrogen) atoms. The van der Waals surface area contributed by atoms with E-state index < -0.39 is 39.8 Å². The number of carbonyl (C=O) groups is 2. The van der Waals surface area contributed by atoms with Crippen molar-refractivity contribution in [1.29, 1.82) is 0 Å². The van der Waals surface area contributed by atoms with Crippen molar-refractivity contribution < 1.29 is 28.2 Å². The van der Waals surface area contributed by atoms with Gasteiger partial charge < -0.3 is 14.4 Å². The second kappa shape index (κ2) is 5.66. The molecule has 0 aromatic rings. The normalized spacial score (nSPS) is 21.6. The molecular formula is C10H15N2O6S-. The van der Waals surface area contributed by atoms with E-state index >= 15 is 0 Å². The molecule has 1 rings (SSSR count). The Morgan fingerprint density at radius 3 is 2.53 bits per heavy atom. The van der Waals surface area contributed by atoms with Gasteiger partial charge in [0.05, 0.1) is 6.54 Å². The van der Waals surface area contributed by atoms with Crippen molar-refractivity contribution in [3.05, 3.63) is 0 Å². The molecule has 8 nitrogen and oxygen atoms in total. The Morgan fingerprint density at radius 2 is 2.11 bits per heavy atom. The average Bonchev–Trinajstić information content (AvgIpc) is 2.25. The quantitative estimate of drug-likeness (QED) is 0.713. The molecule has 1 aliphatic rings. The van der Waals surface area contributed by atoms with Crippen LogP contribution >= 0.6 is 0 Å². The predicted octanol–water partition coefficient (Wildman–Crippen LogP) is -0.0321. The van der Waals surface area contributed by atoms with Crippen LogP contribution in [-0.4, -0.2) is 60.6 Å². The van der Waals surface area contributed by atoms with E-state index in [9.17, 15) is 18.4 Å². The van der Waals surface area contributed by atoms with Crippen molar-refractivity contribution in [2.24, 2.45) is 4.99 Å². The van der Waals surface area contributed by atoms with Gasteiger partial charge >= 0.3 is 12.1 Å². The Bertz CT molecular complexity index is 442. The van der Waals surface area contributed by atoms with Gasteiger partial charge in [-0.1, -0.05) is 0 Å². The lowest BCUT2D eigenvalue weighted by atomic mass is 10.2. The molecule has 0 fully saturated rings. The highest BCUT2D eigenvalue weighted by Gasteiger charge is 2.37. The third kappa shape index (κ3) is 4.00. The van der Waals surface area contributed by atoms with Gasteiger partial charge in [-0.05, 0) is 31.9 Å². The zero-order valence-electron chi connectivity index (χ0n) is 10.8. The van der Waals surface area contributed by atoms with Crippen LogP contribution in [0.5, 0.6) is 0 Å². The van der Waals surface area contributed by atoms with Crippen molar-refractivity contribution in [2.75, 3.05) is 13.1 Å². The zero-order chi connectivity index (χ0) is 14.8. The molecule has 0 aromatic heterocycles. The SMILES string of the molecule is CC(C)(C)OC(=O)N1CCN=C(C(=O)O)C1S(=O)[O-]. The highest BCUT2D eigenvalue weighted by molar-refractivity contribution is 7.80. The number of rotatable bonds is 2. The summed E-state index contributed by atoms with van der Waals surface area (Å²) >= 11 is -2.82. The van der Waals surface area contributed by atoms with Gasteiger partial charge in [0.2, 0.25) is 0 Å². The maximum atomic E-state index is 11.9. The van der Waals surface area contributed by atoms with Crippen LogP contribution in [0.4, 0.5) is 4.79 Å². The van der Waals surface area contributed by atoms with Crippen LogP contribution in [-0.2, 0) is 20.6 Å². The van der Waals surface area contributed by atoms with Crippen LogP contribution in [0.1, 0.15) is 20.8 Å². The maximum Gasteiger partial charge on any atom is 0.411 e. The fourth-order valence-corrected chi connectivity index (χ4v) is 2.25. The summed E-state index contributed by atoms with van der Waals surface area (Å²) in [5, 5.41) is 7.28. The van der Waals surface area contributed by atoms with E-state index in [1.165, 1.54) is 0 Å². The first-order valence-electron chi connectivity index (χ1n) is 5.49. The highest BCUT2D eigenvalue weighted by Crippen LogP contribution is 2.17. The number of carbonyl (C=O) groups excluding carboxylic acids is 1. The summed E-state index contributed by atoms with van der Waals surface area (Å²) in [6.45, 7) is 4.90. The minimum atomic E-state index is -2.82. The third-order valence-electron chi connectivity index (χ3n) is 2.17. The molecule has 1 amide bonds. The van der Waals surface area contributed by atoms with Crippen LogP contribution in [0.2, 0.25) is 0 Å². The van der Waals surface area contributed by atoms with E-state index in [4.69, 9.17) is 9.84 Å². The Kier molecular flexibility index (Phi) is 4.64. The highest BCUT2D eigenvalue weighted by atomic mass is 32.2. The molecule has 0 spiro atoms. The Morgan fingerprint density at radius 1 is 1.53 bits per heavy atom. The van der Waals surface area contributed by atoms with Gasteiger partial charge in [0, 0.05) is 6.54 Å². The van der Waals surface area contributed by atoms with Crippen molar-refractivity contribution in [1.82, 2.24) is 4.90 Å². The molecule has 0 aromatic carbocycles. The minimum absolute atomic E-state index is 0.00958. The molecule has 9 heteroatoms. The van der Waals surface area contributed by atoms with Gasteiger partial charge in [-0.25, -0.2) is 9.59 Å². The topological polar surface area (TPSA) is 119 Å². The molecule has 1 N–H and O–H groups in total. The van der Waals surface area contributed by atoms with E-state index in [1.807, 2.05) is 0 Å². The number of carboxylic acids is 1. The molecule has 108 valence electrons. The second-order valence-electron chi connectivity index (χ2n) is 4.86. The van der Waals surface area contributed by atoms with Crippen LogP contribution in [0.25, 0.3) is 0 Å². The van der Waals surface area contributed by atoms with Crippen LogP contribution in [0.15, 0.2) is 4.99 Å². The molecule has 1 heterocycles. The number of carboxylic acid groups (broad SMARTS) is 1. The van der Waals surface area contributed by atoms with Gasteiger partial charge in [0.15, 0.2) is 5.71 Å². The molecule has 2 atom stereocenters. The van der Waals surface area contributed by atoms with Crippen LogP contribution in [0.3, 0.4) is 0 Å². The number of ether oxygens (including phenoxy) is 1. The smallest absolute Gasteiger partial charge is 0.411 e. The van der Waals surface area contributed by atoms with Gasteiger partial charge in [0.1, 0.15) is 11.0 Å². The lowest BCUT2D eigenvalue weighted by molar-refractivity contribution is -0.129. The zero-order valence-corrected chi connectivity index (χ0v) is 11.6. The summed E-state index contributed by atoms with van der Waals surface area (Å²) in [5.41, 5.74) is -1.38. The minimum Gasteiger partial charge on any atom is -0.770 e.